The molecule has 2 N–H and O–H groups in total. The molecular formula is C17H26N2O. The van der Waals surface area contributed by atoms with Crippen LogP contribution in [0.3, 0.4) is 0 Å². The van der Waals surface area contributed by atoms with E-state index in [9.17, 15) is 4.79 Å². The van der Waals surface area contributed by atoms with Gasteiger partial charge in [-0.3, -0.25) is 4.79 Å². The number of piperidine rings is 1. The number of carbonyl (C=O) groups excluding carboxylic acids is 1. The zero-order chi connectivity index (χ0) is 14.8. The second kappa shape index (κ2) is 5.96. The van der Waals surface area contributed by atoms with Gasteiger partial charge < -0.3 is 10.6 Å². The van der Waals surface area contributed by atoms with E-state index in [4.69, 9.17) is 0 Å². The molecule has 1 aromatic rings. The molecule has 0 radical (unpaired) electrons. The minimum absolute atomic E-state index is 0.0456. The van der Waals surface area contributed by atoms with Gasteiger partial charge in [0.05, 0.1) is 0 Å². The molecule has 0 saturated carbocycles. The van der Waals surface area contributed by atoms with Crippen LogP contribution in [-0.2, 0) is 5.41 Å². The summed E-state index contributed by atoms with van der Waals surface area (Å²) in [7, 11) is 0. The van der Waals surface area contributed by atoms with Gasteiger partial charge in [0.25, 0.3) is 5.91 Å². The lowest BCUT2D eigenvalue weighted by Crippen LogP contribution is -2.48. The molecule has 0 aliphatic carbocycles. The molecule has 0 spiro atoms. The van der Waals surface area contributed by atoms with Crippen molar-refractivity contribution in [3.05, 3.63) is 35.4 Å². The van der Waals surface area contributed by atoms with Crippen LogP contribution >= 0.6 is 0 Å². The molecule has 3 heteroatoms. The van der Waals surface area contributed by atoms with E-state index in [-0.39, 0.29) is 17.4 Å². The van der Waals surface area contributed by atoms with E-state index in [1.807, 2.05) is 12.1 Å². The van der Waals surface area contributed by atoms with Crippen molar-refractivity contribution in [3.63, 3.8) is 0 Å². The molecule has 0 bridgehead atoms. The monoisotopic (exact) mass is 274 g/mol. The maximum absolute atomic E-state index is 12.3. The first-order valence-electron chi connectivity index (χ1n) is 7.50. The Balaban J connectivity index is 2.02. The Morgan fingerprint density at radius 1 is 1.25 bits per heavy atom. The first-order chi connectivity index (χ1) is 9.38. The fraction of sp³-hybridized carbons (Fsp3) is 0.588. The van der Waals surface area contributed by atoms with Crippen molar-refractivity contribution in [3.8, 4) is 0 Å². The molecule has 1 aromatic carbocycles. The van der Waals surface area contributed by atoms with E-state index in [1.54, 1.807) is 0 Å². The third-order valence-electron chi connectivity index (χ3n) is 4.11. The van der Waals surface area contributed by atoms with Gasteiger partial charge in [0.2, 0.25) is 0 Å². The quantitative estimate of drug-likeness (QED) is 0.870. The molecule has 1 amide bonds. The highest BCUT2D eigenvalue weighted by atomic mass is 16.1. The van der Waals surface area contributed by atoms with E-state index < -0.39 is 0 Å². The van der Waals surface area contributed by atoms with Crippen molar-refractivity contribution in [2.75, 3.05) is 13.1 Å². The average molecular weight is 274 g/mol. The molecule has 0 aromatic heterocycles. The average Bonchev–Trinajstić information content (AvgIpc) is 2.40. The molecule has 2 atom stereocenters. The van der Waals surface area contributed by atoms with Crippen LogP contribution in [0.1, 0.15) is 50.0 Å². The fourth-order valence-corrected chi connectivity index (χ4v) is 2.60. The standard InChI is InChI=1S/C17H26N2O/c1-12-11-18-10-9-15(12)19-16(20)13-5-7-14(8-6-13)17(2,3)4/h5-8,12,15,18H,9-11H2,1-4H3,(H,19,20). The minimum atomic E-state index is 0.0456. The van der Waals surface area contributed by atoms with Crippen molar-refractivity contribution in [1.29, 1.82) is 0 Å². The van der Waals surface area contributed by atoms with E-state index >= 15 is 0 Å². The summed E-state index contributed by atoms with van der Waals surface area (Å²) < 4.78 is 0. The Hall–Kier alpha value is -1.35. The van der Waals surface area contributed by atoms with Crippen LogP contribution in [0.5, 0.6) is 0 Å². The lowest BCUT2D eigenvalue weighted by Gasteiger charge is -2.30. The second-order valence-corrected chi connectivity index (χ2v) is 6.88. The van der Waals surface area contributed by atoms with Crippen LogP contribution in [-0.4, -0.2) is 25.0 Å². The molecule has 1 saturated heterocycles. The van der Waals surface area contributed by atoms with Crippen LogP contribution in [0.2, 0.25) is 0 Å². The summed E-state index contributed by atoms with van der Waals surface area (Å²) in [5, 5.41) is 6.51. The molecular weight excluding hydrogens is 248 g/mol. The number of amides is 1. The van der Waals surface area contributed by atoms with Crippen LogP contribution in [0.4, 0.5) is 0 Å². The molecule has 1 aliphatic heterocycles. The first kappa shape index (κ1) is 15.0. The number of benzene rings is 1. The Labute approximate surface area is 122 Å². The Morgan fingerprint density at radius 2 is 1.90 bits per heavy atom. The van der Waals surface area contributed by atoms with Crippen LogP contribution in [0, 0.1) is 5.92 Å². The summed E-state index contributed by atoms with van der Waals surface area (Å²) in [6, 6.07) is 8.26. The predicted octanol–water partition coefficient (Wildman–Crippen LogP) is 2.71. The van der Waals surface area contributed by atoms with Crippen LogP contribution < -0.4 is 10.6 Å². The molecule has 1 aliphatic rings. The van der Waals surface area contributed by atoms with Crippen LogP contribution in [0.25, 0.3) is 0 Å². The highest BCUT2D eigenvalue weighted by molar-refractivity contribution is 5.94. The normalized spacial score (nSPS) is 23.4. The molecule has 2 rings (SSSR count). The topological polar surface area (TPSA) is 41.1 Å². The number of hydrogen-bond acceptors (Lipinski definition) is 2. The molecule has 3 nitrogen and oxygen atoms in total. The number of carbonyl (C=O) groups is 1. The van der Waals surface area contributed by atoms with Crippen LogP contribution in [0.15, 0.2) is 24.3 Å². The Kier molecular flexibility index (Phi) is 4.48. The van der Waals surface area contributed by atoms with Crippen molar-refractivity contribution >= 4 is 5.91 Å². The number of rotatable bonds is 2. The van der Waals surface area contributed by atoms with Gasteiger partial charge in [-0.1, -0.05) is 39.8 Å². The number of hydrogen-bond donors (Lipinski definition) is 2. The molecule has 2 unspecified atom stereocenters. The largest absolute Gasteiger partial charge is 0.349 e. The lowest BCUT2D eigenvalue weighted by molar-refractivity contribution is 0.0914. The highest BCUT2D eigenvalue weighted by Gasteiger charge is 2.23. The smallest absolute Gasteiger partial charge is 0.251 e. The van der Waals surface area contributed by atoms with Gasteiger partial charge in [0, 0.05) is 11.6 Å². The van der Waals surface area contributed by atoms with Crippen molar-refractivity contribution in [1.82, 2.24) is 10.6 Å². The zero-order valence-corrected chi connectivity index (χ0v) is 13.0. The fourth-order valence-electron chi connectivity index (χ4n) is 2.60. The summed E-state index contributed by atoms with van der Waals surface area (Å²) in [5.74, 6) is 0.533. The summed E-state index contributed by atoms with van der Waals surface area (Å²) in [4.78, 5) is 12.3. The predicted molar refractivity (Wildman–Crippen MR) is 83.0 cm³/mol. The summed E-state index contributed by atoms with van der Waals surface area (Å²) in [6.45, 7) is 10.7. The summed E-state index contributed by atoms with van der Waals surface area (Å²) in [5.41, 5.74) is 2.13. The Bertz CT molecular complexity index is 459. The maximum atomic E-state index is 12.3. The van der Waals surface area contributed by atoms with E-state index in [2.05, 4.69) is 50.5 Å². The van der Waals surface area contributed by atoms with Gasteiger partial charge in [0.15, 0.2) is 0 Å². The van der Waals surface area contributed by atoms with Gasteiger partial charge in [-0.15, -0.1) is 0 Å². The Morgan fingerprint density at radius 3 is 2.45 bits per heavy atom. The molecule has 1 fully saturated rings. The van der Waals surface area contributed by atoms with Gasteiger partial charge in [-0.25, -0.2) is 0 Å². The third kappa shape index (κ3) is 3.60. The van der Waals surface area contributed by atoms with Crippen molar-refractivity contribution < 1.29 is 4.79 Å². The summed E-state index contributed by atoms with van der Waals surface area (Å²) >= 11 is 0. The van der Waals surface area contributed by atoms with Gasteiger partial charge >= 0.3 is 0 Å². The third-order valence-corrected chi connectivity index (χ3v) is 4.11. The van der Waals surface area contributed by atoms with Crippen molar-refractivity contribution in [2.45, 2.75) is 45.6 Å². The molecule has 1 heterocycles. The number of nitrogens with one attached hydrogen (secondary N) is 2. The minimum Gasteiger partial charge on any atom is -0.349 e. The van der Waals surface area contributed by atoms with Crippen molar-refractivity contribution in [2.24, 2.45) is 5.92 Å². The molecule has 110 valence electrons. The zero-order valence-electron chi connectivity index (χ0n) is 13.0. The summed E-state index contributed by atoms with van der Waals surface area (Å²) in [6.07, 6.45) is 1.01. The maximum Gasteiger partial charge on any atom is 0.251 e. The SMILES string of the molecule is CC1CNCCC1NC(=O)c1ccc(C(C)(C)C)cc1. The molecule has 20 heavy (non-hydrogen) atoms. The highest BCUT2D eigenvalue weighted by Crippen LogP contribution is 2.22. The van der Waals surface area contributed by atoms with E-state index in [0.717, 1.165) is 25.1 Å². The first-order valence-corrected chi connectivity index (χ1v) is 7.50. The van der Waals surface area contributed by atoms with E-state index in [0.29, 0.717) is 5.92 Å². The lowest BCUT2D eigenvalue weighted by atomic mass is 9.86. The van der Waals surface area contributed by atoms with Gasteiger partial charge in [0.1, 0.15) is 0 Å². The van der Waals surface area contributed by atoms with E-state index in [1.165, 1.54) is 5.56 Å². The second-order valence-electron chi connectivity index (χ2n) is 6.88. The van der Waals surface area contributed by atoms with Gasteiger partial charge in [-0.05, 0) is 48.5 Å². The van der Waals surface area contributed by atoms with Gasteiger partial charge in [-0.2, -0.15) is 0 Å².